The molecule has 0 aliphatic heterocycles. The summed E-state index contributed by atoms with van der Waals surface area (Å²) in [5.41, 5.74) is 0.720. The molecule has 0 spiro atoms. The number of aromatic nitrogens is 1. The highest BCUT2D eigenvalue weighted by atomic mass is 19.4. The highest BCUT2D eigenvalue weighted by Crippen LogP contribution is 2.25. The lowest BCUT2D eigenvalue weighted by molar-refractivity contribution is -0.120. The summed E-state index contributed by atoms with van der Waals surface area (Å²) in [6.07, 6.45) is -0.637. The number of alkyl halides is 3. The van der Waals surface area contributed by atoms with Crippen molar-refractivity contribution in [3.8, 4) is 0 Å². The Bertz CT molecular complexity index is 435. The Kier molecular flexibility index (Phi) is 4.82. The van der Waals surface area contributed by atoms with Crippen LogP contribution in [0, 0.1) is 0 Å². The van der Waals surface area contributed by atoms with E-state index in [2.05, 4.69) is 10.3 Å². The van der Waals surface area contributed by atoms with E-state index in [0.717, 1.165) is 23.3 Å². The van der Waals surface area contributed by atoms with Crippen LogP contribution in [-0.2, 0) is 6.54 Å². The second kappa shape index (κ2) is 6.41. The predicted molar refractivity (Wildman–Crippen MR) is 69.5 cm³/mol. The van der Waals surface area contributed by atoms with Crippen molar-refractivity contribution in [2.45, 2.75) is 31.6 Å². The van der Waals surface area contributed by atoms with E-state index < -0.39 is 12.7 Å². The molecule has 0 bridgehead atoms. The highest BCUT2D eigenvalue weighted by molar-refractivity contribution is 5.47. The molecule has 1 aliphatic rings. The van der Waals surface area contributed by atoms with Gasteiger partial charge >= 0.3 is 6.18 Å². The van der Waals surface area contributed by atoms with Gasteiger partial charge in [-0.25, -0.2) is 4.98 Å². The number of halogens is 3. The van der Waals surface area contributed by atoms with Gasteiger partial charge in [-0.2, -0.15) is 13.2 Å². The number of nitrogens with one attached hydrogen (secondary N) is 1. The molecule has 1 aromatic heterocycles. The van der Waals surface area contributed by atoms with E-state index in [1.165, 1.54) is 6.20 Å². The second-order valence-corrected chi connectivity index (χ2v) is 4.90. The molecule has 0 radical (unpaired) electrons. The Balaban J connectivity index is 2.12. The minimum absolute atomic E-state index is 0.0903. The van der Waals surface area contributed by atoms with Crippen molar-refractivity contribution in [2.75, 3.05) is 24.6 Å². The molecule has 0 unspecified atom stereocenters. The fourth-order valence-corrected chi connectivity index (χ4v) is 1.99. The van der Waals surface area contributed by atoms with Crippen LogP contribution in [0.4, 0.5) is 19.0 Å². The summed E-state index contributed by atoms with van der Waals surface area (Å²) in [6.45, 7) is -1.05. The molecule has 7 heteroatoms. The van der Waals surface area contributed by atoms with Crippen molar-refractivity contribution >= 4 is 5.82 Å². The Morgan fingerprint density at radius 2 is 2.15 bits per heavy atom. The quantitative estimate of drug-likeness (QED) is 0.802. The lowest BCUT2D eigenvalue weighted by Gasteiger charge is -2.26. The molecule has 0 atom stereocenters. The molecular weight excluding hydrogens is 271 g/mol. The zero-order valence-electron chi connectivity index (χ0n) is 11.0. The summed E-state index contributed by atoms with van der Waals surface area (Å²) >= 11 is 0. The van der Waals surface area contributed by atoms with Gasteiger partial charge in [0.2, 0.25) is 0 Å². The fraction of sp³-hybridized carbons (Fsp3) is 0.615. The van der Waals surface area contributed by atoms with Crippen molar-refractivity contribution in [3.63, 3.8) is 0 Å². The zero-order valence-corrected chi connectivity index (χ0v) is 11.0. The van der Waals surface area contributed by atoms with Gasteiger partial charge in [0, 0.05) is 30.9 Å². The first-order chi connectivity index (χ1) is 9.49. The van der Waals surface area contributed by atoms with Crippen molar-refractivity contribution in [2.24, 2.45) is 0 Å². The Labute approximate surface area is 115 Å². The highest BCUT2D eigenvalue weighted by Gasteiger charge is 2.32. The third-order valence-electron chi connectivity index (χ3n) is 3.07. The van der Waals surface area contributed by atoms with Crippen molar-refractivity contribution in [1.29, 1.82) is 0 Å². The van der Waals surface area contributed by atoms with Gasteiger partial charge in [-0.1, -0.05) is 6.07 Å². The molecule has 1 heterocycles. The van der Waals surface area contributed by atoms with Crippen LogP contribution in [0.2, 0.25) is 0 Å². The van der Waals surface area contributed by atoms with Crippen LogP contribution in [0.3, 0.4) is 0 Å². The first-order valence-electron chi connectivity index (χ1n) is 6.59. The summed E-state index contributed by atoms with van der Waals surface area (Å²) < 4.78 is 37.8. The van der Waals surface area contributed by atoms with Crippen molar-refractivity contribution in [3.05, 3.63) is 23.9 Å². The van der Waals surface area contributed by atoms with E-state index in [9.17, 15) is 13.2 Å². The summed E-state index contributed by atoms with van der Waals surface area (Å²) in [7, 11) is 0. The summed E-state index contributed by atoms with van der Waals surface area (Å²) in [4.78, 5) is 5.13. The second-order valence-electron chi connectivity index (χ2n) is 4.90. The minimum Gasteiger partial charge on any atom is -0.395 e. The molecule has 4 nitrogen and oxygen atoms in total. The average molecular weight is 289 g/mol. The first-order valence-corrected chi connectivity index (χ1v) is 6.59. The fourth-order valence-electron chi connectivity index (χ4n) is 1.99. The lowest BCUT2D eigenvalue weighted by atomic mass is 10.2. The molecule has 1 aliphatic carbocycles. The van der Waals surface area contributed by atoms with E-state index in [1.54, 1.807) is 12.1 Å². The van der Waals surface area contributed by atoms with Gasteiger partial charge in [-0.05, 0) is 18.9 Å². The maximum absolute atomic E-state index is 12.6. The molecule has 1 aromatic rings. The summed E-state index contributed by atoms with van der Waals surface area (Å²) in [5.74, 6) is 0.284. The predicted octanol–water partition coefficient (Wildman–Crippen LogP) is 1.69. The Morgan fingerprint density at radius 3 is 2.75 bits per heavy atom. The standard InChI is InChI=1S/C13H18F3N3O/c14-13(15,16)9-19(6-7-20)12-10(2-1-5-17-12)8-18-11-3-4-11/h1-2,5,11,18,20H,3-4,6-9H2. The van der Waals surface area contributed by atoms with E-state index in [-0.39, 0.29) is 19.0 Å². The third-order valence-corrected chi connectivity index (χ3v) is 3.07. The summed E-state index contributed by atoms with van der Waals surface area (Å²) in [5, 5.41) is 12.2. The molecule has 2 N–H and O–H groups in total. The molecule has 0 amide bonds. The SMILES string of the molecule is OCCN(CC(F)(F)F)c1ncccc1CNC1CC1. The van der Waals surface area contributed by atoms with E-state index in [1.807, 2.05) is 0 Å². The van der Waals surface area contributed by atoms with Crippen molar-refractivity contribution < 1.29 is 18.3 Å². The maximum Gasteiger partial charge on any atom is 0.405 e. The molecular formula is C13H18F3N3O. The largest absolute Gasteiger partial charge is 0.405 e. The van der Waals surface area contributed by atoms with Gasteiger partial charge in [0.25, 0.3) is 0 Å². The van der Waals surface area contributed by atoms with E-state index in [0.29, 0.717) is 12.6 Å². The lowest BCUT2D eigenvalue weighted by Crippen LogP contribution is -2.37. The van der Waals surface area contributed by atoms with Gasteiger partial charge in [-0.15, -0.1) is 0 Å². The molecule has 1 fully saturated rings. The molecule has 2 rings (SSSR count). The van der Waals surface area contributed by atoms with Gasteiger partial charge in [0.15, 0.2) is 0 Å². The van der Waals surface area contributed by atoms with Crippen LogP contribution in [0.1, 0.15) is 18.4 Å². The van der Waals surface area contributed by atoms with E-state index in [4.69, 9.17) is 5.11 Å². The van der Waals surface area contributed by atoms with Crippen LogP contribution < -0.4 is 10.2 Å². The van der Waals surface area contributed by atoms with Gasteiger partial charge in [0.1, 0.15) is 12.4 Å². The Hall–Kier alpha value is -1.34. The number of anilines is 1. The van der Waals surface area contributed by atoms with Crippen LogP contribution in [0.15, 0.2) is 18.3 Å². The smallest absolute Gasteiger partial charge is 0.395 e. The number of aliphatic hydroxyl groups is 1. The number of aliphatic hydroxyl groups excluding tert-OH is 1. The van der Waals surface area contributed by atoms with Crippen molar-refractivity contribution in [1.82, 2.24) is 10.3 Å². The van der Waals surface area contributed by atoms with Crippen LogP contribution in [-0.4, -0.2) is 42.0 Å². The summed E-state index contributed by atoms with van der Waals surface area (Å²) in [6, 6.07) is 3.94. The third kappa shape index (κ3) is 4.64. The first kappa shape index (κ1) is 15.1. The van der Waals surface area contributed by atoms with Crippen LogP contribution >= 0.6 is 0 Å². The normalized spacial score (nSPS) is 15.4. The molecule has 1 saturated carbocycles. The topological polar surface area (TPSA) is 48.4 Å². The average Bonchev–Trinajstić information content (AvgIpc) is 3.19. The molecule has 112 valence electrons. The number of hydrogen-bond donors (Lipinski definition) is 2. The van der Waals surface area contributed by atoms with Gasteiger partial charge in [0.05, 0.1) is 6.61 Å². The number of hydrogen-bond acceptors (Lipinski definition) is 4. The minimum atomic E-state index is -4.33. The van der Waals surface area contributed by atoms with Crippen LogP contribution in [0.25, 0.3) is 0 Å². The molecule has 0 aromatic carbocycles. The van der Waals surface area contributed by atoms with E-state index >= 15 is 0 Å². The van der Waals surface area contributed by atoms with Gasteiger partial charge in [-0.3, -0.25) is 0 Å². The number of rotatable bonds is 7. The molecule has 0 saturated heterocycles. The number of nitrogens with zero attached hydrogens (tertiary/aromatic N) is 2. The van der Waals surface area contributed by atoms with Gasteiger partial charge < -0.3 is 15.3 Å². The Morgan fingerprint density at radius 1 is 1.40 bits per heavy atom. The monoisotopic (exact) mass is 289 g/mol. The van der Waals surface area contributed by atoms with Crippen LogP contribution in [0.5, 0.6) is 0 Å². The zero-order chi connectivity index (χ0) is 14.6. The number of pyridine rings is 1. The molecule has 20 heavy (non-hydrogen) atoms. The maximum atomic E-state index is 12.6.